The summed E-state index contributed by atoms with van der Waals surface area (Å²) in [4.78, 5) is 27.0. The quantitative estimate of drug-likeness (QED) is 0.704. The molecule has 0 bridgehead atoms. The van der Waals surface area contributed by atoms with Crippen molar-refractivity contribution in [1.29, 1.82) is 0 Å². The molecule has 1 rings (SSSR count). The van der Waals surface area contributed by atoms with Crippen LogP contribution in [0.25, 0.3) is 0 Å². The second kappa shape index (κ2) is 10.0. The van der Waals surface area contributed by atoms with Crippen molar-refractivity contribution in [2.45, 2.75) is 33.2 Å². The number of quaternary nitrogens is 1. The molecule has 5 nitrogen and oxygen atoms in total. The molecule has 0 heterocycles. The van der Waals surface area contributed by atoms with Gasteiger partial charge in [-0.05, 0) is 25.0 Å². The number of likely N-dealkylation sites (N-methyl/N-ethyl adjacent to an activating group) is 1. The Labute approximate surface area is 139 Å². The van der Waals surface area contributed by atoms with Gasteiger partial charge >= 0.3 is 0 Å². The molecule has 0 aliphatic carbocycles. The monoisotopic (exact) mass is 320 g/mol. The Hall–Kier alpha value is -1.88. The van der Waals surface area contributed by atoms with Gasteiger partial charge in [-0.1, -0.05) is 26.0 Å². The van der Waals surface area contributed by atoms with Gasteiger partial charge in [0.25, 0.3) is 11.8 Å². The number of carbonyl (C=O) groups excluding carboxylic acids is 2. The Morgan fingerprint density at radius 3 is 2.13 bits per heavy atom. The van der Waals surface area contributed by atoms with E-state index in [-0.39, 0.29) is 11.8 Å². The van der Waals surface area contributed by atoms with Crippen LogP contribution in [-0.2, 0) is 11.3 Å². The van der Waals surface area contributed by atoms with Gasteiger partial charge in [0.1, 0.15) is 6.54 Å². The number of hydrogen-bond donors (Lipinski definition) is 2. The van der Waals surface area contributed by atoms with Crippen LogP contribution in [-0.4, -0.2) is 50.4 Å². The molecule has 1 aromatic rings. The van der Waals surface area contributed by atoms with Crippen molar-refractivity contribution in [3.8, 4) is 0 Å². The number of benzene rings is 1. The number of hydrogen-bond acceptors (Lipinski definition) is 2. The van der Waals surface area contributed by atoms with Gasteiger partial charge in [0.15, 0.2) is 6.54 Å². The van der Waals surface area contributed by atoms with E-state index in [1.807, 2.05) is 36.2 Å². The number of amides is 2. The molecule has 2 amide bonds. The lowest BCUT2D eigenvalue weighted by Crippen LogP contribution is -3.08. The van der Waals surface area contributed by atoms with Crippen molar-refractivity contribution >= 4 is 11.8 Å². The summed E-state index contributed by atoms with van der Waals surface area (Å²) in [5, 5.41) is 2.61. The van der Waals surface area contributed by atoms with E-state index in [1.165, 1.54) is 0 Å². The fraction of sp³-hybridized carbons (Fsp3) is 0.556. The number of nitrogens with one attached hydrogen (secondary N) is 2. The molecule has 5 heteroatoms. The summed E-state index contributed by atoms with van der Waals surface area (Å²) < 4.78 is 0. The summed E-state index contributed by atoms with van der Waals surface area (Å²) in [5.74, 6) is 0.135. The summed E-state index contributed by atoms with van der Waals surface area (Å²) in [6.07, 6.45) is 1.98. The van der Waals surface area contributed by atoms with Crippen LogP contribution >= 0.6 is 0 Å². The van der Waals surface area contributed by atoms with Crippen LogP contribution in [0.5, 0.6) is 0 Å². The Kier molecular flexibility index (Phi) is 8.33. The maximum atomic E-state index is 12.4. The Balaban J connectivity index is 2.56. The summed E-state index contributed by atoms with van der Waals surface area (Å²) in [5.41, 5.74) is 1.78. The first-order valence-corrected chi connectivity index (χ1v) is 8.41. The molecule has 1 atom stereocenters. The van der Waals surface area contributed by atoms with Crippen molar-refractivity contribution < 1.29 is 14.5 Å². The summed E-state index contributed by atoms with van der Waals surface area (Å²) in [7, 11) is 3.65. The molecule has 0 spiro atoms. The van der Waals surface area contributed by atoms with E-state index in [0.717, 1.165) is 42.9 Å². The van der Waals surface area contributed by atoms with Crippen molar-refractivity contribution in [2.75, 3.05) is 33.7 Å². The summed E-state index contributed by atoms with van der Waals surface area (Å²) in [6.45, 7) is 7.13. The van der Waals surface area contributed by atoms with Gasteiger partial charge in [0.05, 0.1) is 7.05 Å². The molecule has 1 aromatic carbocycles. The zero-order chi connectivity index (χ0) is 17.2. The van der Waals surface area contributed by atoms with Crippen molar-refractivity contribution in [3.63, 3.8) is 0 Å². The lowest BCUT2D eigenvalue weighted by atomic mass is 10.1. The van der Waals surface area contributed by atoms with Crippen LogP contribution in [0.3, 0.4) is 0 Å². The molecule has 0 radical (unpaired) electrons. The first-order valence-electron chi connectivity index (χ1n) is 8.41. The molecule has 23 heavy (non-hydrogen) atoms. The predicted molar refractivity (Wildman–Crippen MR) is 92.5 cm³/mol. The second-order valence-electron chi connectivity index (χ2n) is 5.97. The van der Waals surface area contributed by atoms with E-state index in [0.29, 0.717) is 12.1 Å². The van der Waals surface area contributed by atoms with Gasteiger partial charge in [0.2, 0.25) is 0 Å². The maximum Gasteiger partial charge on any atom is 0.277 e. The highest BCUT2D eigenvalue weighted by molar-refractivity contribution is 5.93. The maximum absolute atomic E-state index is 12.4. The van der Waals surface area contributed by atoms with Crippen molar-refractivity contribution in [2.24, 2.45) is 0 Å². The largest absolute Gasteiger partial charge is 0.355 e. The second-order valence-corrected chi connectivity index (χ2v) is 5.97. The number of rotatable bonds is 9. The standard InChI is InChI=1S/C18H29N3O2/c1-5-11-21(12-6-2)17(22)14-20(4)13-15-7-9-16(10-8-15)18(23)19-3/h7-10H,5-6,11-14H2,1-4H3,(H,19,23)/p+1. The van der Waals surface area contributed by atoms with Gasteiger partial charge in [0, 0.05) is 31.3 Å². The number of nitrogens with zero attached hydrogens (tertiary/aromatic N) is 1. The molecule has 1 unspecified atom stereocenters. The molecule has 2 N–H and O–H groups in total. The Morgan fingerprint density at radius 2 is 1.65 bits per heavy atom. The topological polar surface area (TPSA) is 53.9 Å². The van der Waals surface area contributed by atoms with E-state index in [4.69, 9.17) is 0 Å². The van der Waals surface area contributed by atoms with Crippen LogP contribution in [0, 0.1) is 0 Å². The molecule has 0 fully saturated rings. The van der Waals surface area contributed by atoms with Crippen LogP contribution in [0.1, 0.15) is 42.6 Å². The number of carbonyl (C=O) groups is 2. The normalized spacial score (nSPS) is 11.8. The third kappa shape index (κ3) is 6.40. The van der Waals surface area contributed by atoms with Gasteiger partial charge < -0.3 is 15.1 Å². The molecular weight excluding hydrogens is 290 g/mol. The molecule has 0 aliphatic rings. The molecule has 0 saturated heterocycles. The van der Waals surface area contributed by atoms with Gasteiger partial charge in [-0.25, -0.2) is 0 Å². The molecular formula is C18H30N3O2+. The third-order valence-corrected chi connectivity index (χ3v) is 3.74. The van der Waals surface area contributed by atoms with E-state index in [1.54, 1.807) is 7.05 Å². The van der Waals surface area contributed by atoms with E-state index in [2.05, 4.69) is 19.2 Å². The van der Waals surface area contributed by atoms with E-state index < -0.39 is 0 Å². The predicted octanol–water partition coefficient (Wildman–Crippen LogP) is 0.710. The Bertz CT molecular complexity index is 493. The zero-order valence-corrected chi connectivity index (χ0v) is 14.8. The van der Waals surface area contributed by atoms with Crippen LogP contribution in [0.15, 0.2) is 24.3 Å². The fourth-order valence-electron chi connectivity index (χ4n) is 2.60. The van der Waals surface area contributed by atoms with Crippen LogP contribution in [0.4, 0.5) is 0 Å². The van der Waals surface area contributed by atoms with Crippen LogP contribution < -0.4 is 10.2 Å². The highest BCUT2D eigenvalue weighted by Crippen LogP contribution is 2.03. The van der Waals surface area contributed by atoms with Gasteiger partial charge in [-0.2, -0.15) is 0 Å². The minimum atomic E-state index is -0.0813. The minimum absolute atomic E-state index is 0.0813. The lowest BCUT2D eigenvalue weighted by Gasteiger charge is -2.23. The molecule has 128 valence electrons. The van der Waals surface area contributed by atoms with Crippen LogP contribution in [0.2, 0.25) is 0 Å². The van der Waals surface area contributed by atoms with Crippen molar-refractivity contribution in [1.82, 2.24) is 10.2 Å². The minimum Gasteiger partial charge on any atom is -0.355 e. The smallest absolute Gasteiger partial charge is 0.277 e. The first kappa shape index (κ1) is 19.2. The molecule has 0 saturated carbocycles. The van der Waals surface area contributed by atoms with Gasteiger partial charge in [-0.3, -0.25) is 9.59 Å². The third-order valence-electron chi connectivity index (χ3n) is 3.74. The molecule has 0 aromatic heterocycles. The lowest BCUT2D eigenvalue weighted by molar-refractivity contribution is -0.885. The highest BCUT2D eigenvalue weighted by Gasteiger charge is 2.17. The van der Waals surface area contributed by atoms with Crippen molar-refractivity contribution in [3.05, 3.63) is 35.4 Å². The average Bonchev–Trinajstić information content (AvgIpc) is 2.54. The summed E-state index contributed by atoms with van der Waals surface area (Å²) in [6, 6.07) is 7.55. The highest BCUT2D eigenvalue weighted by atomic mass is 16.2. The first-order chi connectivity index (χ1) is 11.0. The van der Waals surface area contributed by atoms with E-state index >= 15 is 0 Å². The average molecular weight is 320 g/mol. The SMILES string of the molecule is CCCN(CCC)C(=O)C[NH+](C)Cc1ccc(C(=O)NC)cc1. The fourth-order valence-corrected chi connectivity index (χ4v) is 2.60. The van der Waals surface area contributed by atoms with E-state index in [9.17, 15) is 9.59 Å². The zero-order valence-electron chi connectivity index (χ0n) is 14.8. The Morgan fingerprint density at radius 1 is 1.09 bits per heavy atom. The molecule has 0 aliphatic heterocycles. The van der Waals surface area contributed by atoms with Gasteiger partial charge in [-0.15, -0.1) is 0 Å². The summed E-state index contributed by atoms with van der Waals surface area (Å²) >= 11 is 0.